The summed E-state index contributed by atoms with van der Waals surface area (Å²) in [5.74, 6) is 3.26. The summed E-state index contributed by atoms with van der Waals surface area (Å²) in [6.07, 6.45) is 13.8. The molecule has 0 atom stereocenters. The summed E-state index contributed by atoms with van der Waals surface area (Å²) in [7, 11) is 0. The molecule has 2 saturated carbocycles. The molecule has 0 amide bonds. The van der Waals surface area contributed by atoms with Crippen LogP contribution >= 0.6 is 13.5 Å². The zero-order valence-electron chi connectivity index (χ0n) is 9.60. The van der Waals surface area contributed by atoms with Gasteiger partial charge >= 0.3 is 0 Å². The van der Waals surface area contributed by atoms with Crippen molar-refractivity contribution < 1.29 is 0 Å². The Morgan fingerprint density at radius 3 is 1.80 bits per heavy atom. The average molecular weight is 230 g/mol. The van der Waals surface area contributed by atoms with Gasteiger partial charge in [0.25, 0.3) is 0 Å². The highest BCUT2D eigenvalue weighted by Crippen LogP contribution is 2.37. The summed E-state index contributed by atoms with van der Waals surface area (Å²) in [6, 6.07) is 0. The van der Waals surface area contributed by atoms with Crippen LogP contribution in [0, 0.1) is 17.8 Å². The Hall–Kier alpha value is 0.350. The number of rotatable bonds is 2. The second-order valence-corrected chi connectivity index (χ2v) is 5.51. The van der Waals surface area contributed by atoms with Gasteiger partial charge in [-0.1, -0.05) is 65.7 Å². The molecular formula is C14H30S. The van der Waals surface area contributed by atoms with Crippen molar-refractivity contribution in [3.63, 3.8) is 0 Å². The molecule has 0 heterocycles. The molecular weight excluding hydrogens is 200 g/mol. The third kappa shape index (κ3) is 4.80. The maximum atomic E-state index is 2.42. The molecule has 0 nitrogen and oxygen atoms in total. The second kappa shape index (κ2) is 7.60. The van der Waals surface area contributed by atoms with Crippen LogP contribution in [0.25, 0.3) is 0 Å². The lowest BCUT2D eigenvalue weighted by Crippen LogP contribution is -2.14. The van der Waals surface area contributed by atoms with Gasteiger partial charge in [-0.25, -0.2) is 0 Å². The lowest BCUT2D eigenvalue weighted by Gasteiger charge is -2.28. The van der Waals surface area contributed by atoms with E-state index in [1.807, 2.05) is 0 Å². The van der Waals surface area contributed by atoms with E-state index in [0.717, 1.165) is 17.8 Å². The van der Waals surface area contributed by atoms with E-state index >= 15 is 0 Å². The highest BCUT2D eigenvalue weighted by molar-refractivity contribution is 7.59. The molecule has 0 spiro atoms. The molecule has 0 N–H and O–H groups in total. The van der Waals surface area contributed by atoms with Crippen molar-refractivity contribution in [3.8, 4) is 0 Å². The molecule has 2 aliphatic carbocycles. The van der Waals surface area contributed by atoms with E-state index in [0.29, 0.717) is 0 Å². The van der Waals surface area contributed by atoms with Crippen LogP contribution in [-0.2, 0) is 0 Å². The third-order valence-corrected chi connectivity index (χ3v) is 4.28. The number of hydrogen-bond donors (Lipinski definition) is 0. The van der Waals surface area contributed by atoms with Gasteiger partial charge in [0.1, 0.15) is 0 Å². The SMILES string of the molecule is C.CC1CCC(CC2CCCC2)CC1.S. The van der Waals surface area contributed by atoms with Crippen molar-refractivity contribution in [2.75, 3.05) is 0 Å². The van der Waals surface area contributed by atoms with Gasteiger partial charge in [0.05, 0.1) is 0 Å². The fraction of sp³-hybridized carbons (Fsp3) is 1.00. The highest BCUT2D eigenvalue weighted by Gasteiger charge is 2.23. The zero-order chi connectivity index (χ0) is 9.10. The molecule has 0 aliphatic heterocycles. The second-order valence-electron chi connectivity index (χ2n) is 5.51. The molecule has 2 aliphatic rings. The van der Waals surface area contributed by atoms with Crippen molar-refractivity contribution in [3.05, 3.63) is 0 Å². The molecule has 0 aromatic carbocycles. The van der Waals surface area contributed by atoms with Crippen LogP contribution < -0.4 is 0 Å². The minimum absolute atomic E-state index is 0. The molecule has 0 saturated heterocycles. The Morgan fingerprint density at radius 1 is 0.800 bits per heavy atom. The fourth-order valence-corrected chi connectivity index (χ4v) is 3.28. The Bertz CT molecular complexity index is 141. The van der Waals surface area contributed by atoms with E-state index in [4.69, 9.17) is 0 Å². The Morgan fingerprint density at radius 2 is 1.27 bits per heavy atom. The van der Waals surface area contributed by atoms with Crippen molar-refractivity contribution >= 4 is 13.5 Å². The highest BCUT2D eigenvalue weighted by atomic mass is 32.1. The van der Waals surface area contributed by atoms with Crippen LogP contribution in [0.2, 0.25) is 0 Å². The zero-order valence-corrected chi connectivity index (χ0v) is 10.6. The summed E-state index contributed by atoms with van der Waals surface area (Å²) >= 11 is 0. The van der Waals surface area contributed by atoms with Crippen molar-refractivity contribution in [1.82, 2.24) is 0 Å². The minimum Gasteiger partial charge on any atom is -0.197 e. The van der Waals surface area contributed by atoms with E-state index in [9.17, 15) is 0 Å². The van der Waals surface area contributed by atoms with Crippen molar-refractivity contribution in [1.29, 1.82) is 0 Å². The lowest BCUT2D eigenvalue weighted by molar-refractivity contribution is 0.246. The van der Waals surface area contributed by atoms with Gasteiger partial charge in [-0.05, 0) is 24.2 Å². The first kappa shape index (κ1) is 15.3. The topological polar surface area (TPSA) is 0 Å². The molecule has 0 radical (unpaired) electrons. The smallest absolute Gasteiger partial charge is 0.0411 e. The first-order valence-corrected chi connectivity index (χ1v) is 6.34. The minimum atomic E-state index is 0. The van der Waals surface area contributed by atoms with Gasteiger partial charge in [-0.2, -0.15) is 13.5 Å². The largest absolute Gasteiger partial charge is 0.197 e. The van der Waals surface area contributed by atoms with Gasteiger partial charge in [0, 0.05) is 0 Å². The first-order chi connectivity index (χ1) is 6.34. The van der Waals surface area contributed by atoms with Crippen molar-refractivity contribution in [2.45, 2.75) is 72.1 Å². The van der Waals surface area contributed by atoms with Crippen LogP contribution in [0.4, 0.5) is 0 Å². The van der Waals surface area contributed by atoms with Gasteiger partial charge in [0.15, 0.2) is 0 Å². The van der Waals surface area contributed by atoms with E-state index in [1.54, 1.807) is 19.3 Å². The van der Waals surface area contributed by atoms with Crippen LogP contribution in [0.3, 0.4) is 0 Å². The van der Waals surface area contributed by atoms with Gasteiger partial charge < -0.3 is 0 Å². The molecule has 0 bridgehead atoms. The van der Waals surface area contributed by atoms with Crippen LogP contribution in [0.1, 0.15) is 72.1 Å². The molecule has 0 aromatic rings. The molecule has 0 unspecified atom stereocenters. The quantitative estimate of drug-likeness (QED) is 0.616. The maximum Gasteiger partial charge on any atom is -0.0411 e. The Balaban J connectivity index is 0.000000980. The standard InChI is InChI=1S/C13H24.CH4.H2S/c1-11-6-8-13(9-7-11)10-12-4-2-3-5-12;;/h11-13H,2-10H2,1H3;1H4;1H2. The summed E-state index contributed by atoms with van der Waals surface area (Å²) < 4.78 is 0. The van der Waals surface area contributed by atoms with E-state index in [-0.39, 0.29) is 20.9 Å². The molecule has 0 aromatic heterocycles. The molecule has 1 heteroatoms. The Labute approximate surface area is 104 Å². The van der Waals surface area contributed by atoms with E-state index in [2.05, 4.69) is 6.92 Å². The molecule has 15 heavy (non-hydrogen) atoms. The molecule has 2 fully saturated rings. The first-order valence-electron chi connectivity index (χ1n) is 6.34. The predicted molar refractivity (Wildman–Crippen MR) is 74.8 cm³/mol. The predicted octanol–water partition coefficient (Wildman–Crippen LogP) is 5.14. The number of hydrogen-bond acceptors (Lipinski definition) is 0. The Kier molecular flexibility index (Phi) is 7.77. The normalized spacial score (nSPS) is 31.8. The summed E-state index contributed by atoms with van der Waals surface area (Å²) in [4.78, 5) is 0. The lowest BCUT2D eigenvalue weighted by atomic mass is 9.78. The van der Waals surface area contributed by atoms with Crippen LogP contribution in [0.15, 0.2) is 0 Å². The fourth-order valence-electron chi connectivity index (χ4n) is 3.28. The average Bonchev–Trinajstić information content (AvgIpc) is 2.62. The van der Waals surface area contributed by atoms with Gasteiger partial charge in [0.2, 0.25) is 0 Å². The van der Waals surface area contributed by atoms with E-state index < -0.39 is 0 Å². The summed E-state index contributed by atoms with van der Waals surface area (Å²) in [5, 5.41) is 0. The summed E-state index contributed by atoms with van der Waals surface area (Å²) in [6.45, 7) is 2.42. The van der Waals surface area contributed by atoms with Crippen LogP contribution in [0.5, 0.6) is 0 Å². The molecule has 2 rings (SSSR count). The van der Waals surface area contributed by atoms with Gasteiger partial charge in [-0.3, -0.25) is 0 Å². The molecule has 92 valence electrons. The maximum absolute atomic E-state index is 2.42. The van der Waals surface area contributed by atoms with Crippen molar-refractivity contribution in [2.24, 2.45) is 17.8 Å². The summed E-state index contributed by atoms with van der Waals surface area (Å²) in [5.41, 5.74) is 0. The van der Waals surface area contributed by atoms with E-state index in [1.165, 1.54) is 38.5 Å². The monoisotopic (exact) mass is 230 g/mol. The third-order valence-electron chi connectivity index (χ3n) is 4.28. The van der Waals surface area contributed by atoms with Gasteiger partial charge in [-0.15, -0.1) is 0 Å². The van der Waals surface area contributed by atoms with Crippen LogP contribution in [-0.4, -0.2) is 0 Å².